The van der Waals surface area contributed by atoms with Crippen molar-refractivity contribution in [3.05, 3.63) is 119 Å². The fourth-order valence-electron chi connectivity index (χ4n) is 3.95. The topological polar surface area (TPSA) is 79.7 Å². The highest BCUT2D eigenvalue weighted by molar-refractivity contribution is 7.14. The summed E-state index contributed by atoms with van der Waals surface area (Å²) in [5.41, 5.74) is 2.14. The molecule has 1 aliphatic rings. The van der Waals surface area contributed by atoms with Crippen molar-refractivity contribution in [2.45, 2.75) is 12.6 Å². The number of benzene rings is 3. The third-order valence-corrected chi connectivity index (χ3v) is 6.31. The Morgan fingerprint density at radius 1 is 0.971 bits per heavy atom. The molecule has 7 heteroatoms. The van der Waals surface area contributed by atoms with Crippen LogP contribution in [0, 0.1) is 0 Å². The van der Waals surface area contributed by atoms with Crippen molar-refractivity contribution in [3.8, 4) is 5.75 Å². The van der Waals surface area contributed by atoms with Gasteiger partial charge in [0.25, 0.3) is 5.78 Å². The van der Waals surface area contributed by atoms with Gasteiger partial charge in [-0.25, -0.2) is 4.98 Å². The van der Waals surface area contributed by atoms with E-state index in [9.17, 15) is 14.7 Å². The molecule has 1 aromatic heterocycles. The van der Waals surface area contributed by atoms with Crippen LogP contribution in [0.5, 0.6) is 5.75 Å². The standard InChI is InChI=1S/C27H20N2O4S/c30-24(19-10-5-2-6-11-19)22-23(29(26(32)25(22)31)27-28-14-15-34-27)20-12-7-13-21(16-20)33-17-18-8-3-1-4-9-18/h1-16,23,30H,17H2. The molecule has 1 atom stereocenters. The zero-order valence-corrected chi connectivity index (χ0v) is 18.8. The van der Waals surface area contributed by atoms with E-state index in [1.165, 1.54) is 16.2 Å². The summed E-state index contributed by atoms with van der Waals surface area (Å²) in [5.74, 6) is -1.12. The van der Waals surface area contributed by atoms with Crippen molar-refractivity contribution in [2.75, 3.05) is 4.90 Å². The van der Waals surface area contributed by atoms with Gasteiger partial charge in [0.15, 0.2) is 5.13 Å². The van der Waals surface area contributed by atoms with E-state index in [2.05, 4.69) is 4.98 Å². The van der Waals surface area contributed by atoms with Crippen LogP contribution in [0.4, 0.5) is 5.13 Å². The fraction of sp³-hybridized carbons (Fsp3) is 0.0741. The highest BCUT2D eigenvalue weighted by Gasteiger charge is 2.48. The van der Waals surface area contributed by atoms with E-state index in [1.54, 1.807) is 48.0 Å². The van der Waals surface area contributed by atoms with Gasteiger partial charge < -0.3 is 9.84 Å². The van der Waals surface area contributed by atoms with Crippen LogP contribution in [0.15, 0.2) is 102 Å². The molecule has 1 fully saturated rings. The molecule has 0 aliphatic carbocycles. The Balaban J connectivity index is 1.58. The molecule has 1 saturated heterocycles. The van der Waals surface area contributed by atoms with Crippen molar-refractivity contribution in [3.63, 3.8) is 0 Å². The van der Waals surface area contributed by atoms with Crippen molar-refractivity contribution in [1.82, 2.24) is 4.98 Å². The van der Waals surface area contributed by atoms with Crippen molar-refractivity contribution in [1.29, 1.82) is 0 Å². The number of ether oxygens (including phenoxy) is 1. The summed E-state index contributed by atoms with van der Waals surface area (Å²) in [7, 11) is 0. The summed E-state index contributed by atoms with van der Waals surface area (Å²) >= 11 is 1.25. The highest BCUT2D eigenvalue weighted by atomic mass is 32.1. The Bertz CT molecular complexity index is 1350. The first kappa shape index (κ1) is 21.6. The van der Waals surface area contributed by atoms with Gasteiger partial charge in [0.05, 0.1) is 11.6 Å². The van der Waals surface area contributed by atoms with Gasteiger partial charge in [-0.3, -0.25) is 14.5 Å². The lowest BCUT2D eigenvalue weighted by Crippen LogP contribution is -2.29. The van der Waals surface area contributed by atoms with Crippen LogP contribution in [0.25, 0.3) is 5.76 Å². The van der Waals surface area contributed by atoms with Crippen LogP contribution in [0.1, 0.15) is 22.7 Å². The maximum atomic E-state index is 13.1. The number of Topliss-reactive ketones (excluding diaryl/α,β-unsaturated/α-hetero) is 1. The number of hydrogen-bond donors (Lipinski definition) is 1. The number of hydrogen-bond acceptors (Lipinski definition) is 6. The van der Waals surface area contributed by atoms with Crippen LogP contribution < -0.4 is 9.64 Å². The Morgan fingerprint density at radius 3 is 2.41 bits per heavy atom. The maximum Gasteiger partial charge on any atom is 0.301 e. The molecule has 0 bridgehead atoms. The monoisotopic (exact) mass is 468 g/mol. The zero-order chi connectivity index (χ0) is 23.5. The highest BCUT2D eigenvalue weighted by Crippen LogP contribution is 2.43. The van der Waals surface area contributed by atoms with E-state index in [0.29, 0.717) is 28.6 Å². The minimum Gasteiger partial charge on any atom is -0.507 e. The number of amides is 1. The molecule has 1 N–H and O–H groups in total. The van der Waals surface area contributed by atoms with E-state index >= 15 is 0 Å². The van der Waals surface area contributed by atoms with Gasteiger partial charge in [-0.2, -0.15) is 0 Å². The van der Waals surface area contributed by atoms with Crippen molar-refractivity contribution >= 4 is 33.9 Å². The van der Waals surface area contributed by atoms with Crippen LogP contribution in [0.2, 0.25) is 0 Å². The first-order valence-corrected chi connectivity index (χ1v) is 11.5. The number of anilines is 1. The number of aromatic nitrogens is 1. The molecular formula is C27H20N2O4S. The Morgan fingerprint density at radius 2 is 1.71 bits per heavy atom. The molecule has 0 saturated carbocycles. The molecule has 168 valence electrons. The molecule has 3 aromatic carbocycles. The van der Waals surface area contributed by atoms with Gasteiger partial charge in [0.1, 0.15) is 18.1 Å². The van der Waals surface area contributed by atoms with E-state index < -0.39 is 17.7 Å². The fourth-order valence-corrected chi connectivity index (χ4v) is 4.61. The maximum absolute atomic E-state index is 13.1. The van der Waals surface area contributed by atoms with E-state index in [-0.39, 0.29) is 11.3 Å². The number of aliphatic hydroxyl groups excluding tert-OH is 1. The number of nitrogens with zero attached hydrogens (tertiary/aromatic N) is 2. The zero-order valence-electron chi connectivity index (χ0n) is 18.0. The average Bonchev–Trinajstić information content (AvgIpc) is 3.50. The van der Waals surface area contributed by atoms with Crippen LogP contribution in [-0.2, 0) is 16.2 Å². The number of carbonyl (C=O) groups excluding carboxylic acids is 2. The molecular weight excluding hydrogens is 448 g/mol. The van der Waals surface area contributed by atoms with E-state index in [1.807, 2.05) is 48.5 Å². The predicted molar refractivity (Wildman–Crippen MR) is 131 cm³/mol. The number of rotatable bonds is 6. The summed E-state index contributed by atoms with van der Waals surface area (Å²) in [6.07, 6.45) is 1.58. The summed E-state index contributed by atoms with van der Waals surface area (Å²) in [6.45, 7) is 0.376. The minimum absolute atomic E-state index is 0.0200. The normalized spacial score (nSPS) is 17.2. The van der Waals surface area contributed by atoms with Gasteiger partial charge >= 0.3 is 5.91 Å². The third kappa shape index (κ3) is 4.09. The number of carbonyl (C=O) groups is 2. The molecule has 0 radical (unpaired) electrons. The second-order valence-corrected chi connectivity index (χ2v) is 8.57. The van der Waals surface area contributed by atoms with Crippen LogP contribution in [0.3, 0.4) is 0 Å². The quantitative estimate of drug-likeness (QED) is 0.234. The van der Waals surface area contributed by atoms with Gasteiger partial charge in [-0.05, 0) is 23.3 Å². The molecule has 0 spiro atoms. The lowest BCUT2D eigenvalue weighted by molar-refractivity contribution is -0.132. The Kier molecular flexibility index (Phi) is 5.93. The van der Waals surface area contributed by atoms with Crippen LogP contribution >= 0.6 is 11.3 Å². The molecule has 1 aliphatic heterocycles. The van der Waals surface area contributed by atoms with E-state index in [0.717, 1.165) is 5.56 Å². The summed E-state index contributed by atoms with van der Waals surface area (Å²) in [5, 5.41) is 13.2. The second-order valence-electron chi connectivity index (χ2n) is 7.70. The van der Waals surface area contributed by atoms with Crippen molar-refractivity contribution in [2.24, 2.45) is 0 Å². The average molecular weight is 469 g/mol. The minimum atomic E-state index is -0.841. The first-order chi connectivity index (χ1) is 16.6. The summed E-state index contributed by atoms with van der Waals surface area (Å²) in [4.78, 5) is 31.8. The molecule has 6 nitrogen and oxygen atoms in total. The third-order valence-electron chi connectivity index (χ3n) is 5.54. The largest absolute Gasteiger partial charge is 0.507 e. The smallest absolute Gasteiger partial charge is 0.301 e. The van der Waals surface area contributed by atoms with Crippen molar-refractivity contribution < 1.29 is 19.4 Å². The summed E-state index contributed by atoms with van der Waals surface area (Å²) in [6, 6.07) is 24.9. The predicted octanol–water partition coefficient (Wildman–Crippen LogP) is 5.35. The number of ketones is 1. The molecule has 2 heterocycles. The molecule has 34 heavy (non-hydrogen) atoms. The van der Waals surface area contributed by atoms with E-state index in [4.69, 9.17) is 4.74 Å². The lowest BCUT2D eigenvalue weighted by atomic mass is 9.95. The molecule has 4 aromatic rings. The number of thiazole rings is 1. The summed E-state index contributed by atoms with van der Waals surface area (Å²) < 4.78 is 5.97. The molecule has 1 amide bonds. The van der Waals surface area contributed by atoms with Gasteiger partial charge in [0, 0.05) is 17.1 Å². The van der Waals surface area contributed by atoms with Gasteiger partial charge in [0.2, 0.25) is 0 Å². The first-order valence-electron chi connectivity index (χ1n) is 10.7. The second kappa shape index (κ2) is 9.33. The molecule has 5 rings (SSSR count). The number of aliphatic hydroxyl groups is 1. The van der Waals surface area contributed by atoms with Gasteiger partial charge in [-0.15, -0.1) is 11.3 Å². The van der Waals surface area contributed by atoms with Crippen LogP contribution in [-0.4, -0.2) is 21.8 Å². The SMILES string of the molecule is O=C1C(=O)N(c2nccs2)C(c2cccc(OCc3ccccc3)c2)C1=C(O)c1ccccc1. The Hall–Kier alpha value is -4.23. The Labute approximate surface area is 200 Å². The molecule has 1 unspecified atom stereocenters. The lowest BCUT2D eigenvalue weighted by Gasteiger charge is -2.23. The van der Waals surface area contributed by atoms with Gasteiger partial charge in [-0.1, -0.05) is 72.8 Å².